The summed E-state index contributed by atoms with van der Waals surface area (Å²) in [5.74, 6) is -1.24. The first kappa shape index (κ1) is 20.5. The second kappa shape index (κ2) is 7.63. The Labute approximate surface area is 190 Å². The number of hydrogen-bond donors (Lipinski definition) is 2. The van der Waals surface area contributed by atoms with Gasteiger partial charge in [0.25, 0.3) is 5.91 Å². The maximum Gasteiger partial charge on any atom is 0.296 e. The molecule has 1 aromatic carbocycles. The summed E-state index contributed by atoms with van der Waals surface area (Å²) in [6, 6.07) is 10.2. The minimum Gasteiger partial charge on any atom is -0.503 e. The van der Waals surface area contributed by atoms with Crippen molar-refractivity contribution < 1.29 is 28.6 Å². The van der Waals surface area contributed by atoms with Gasteiger partial charge in [-0.1, -0.05) is 22.9 Å². The van der Waals surface area contributed by atoms with Gasteiger partial charge in [0.15, 0.2) is 16.7 Å². The predicted octanol–water partition coefficient (Wildman–Crippen LogP) is 4.72. The van der Waals surface area contributed by atoms with E-state index in [9.17, 15) is 19.8 Å². The van der Waals surface area contributed by atoms with E-state index in [1.807, 2.05) is 0 Å². The van der Waals surface area contributed by atoms with Crippen LogP contribution in [-0.2, 0) is 11.4 Å². The van der Waals surface area contributed by atoms with Gasteiger partial charge in [-0.15, -0.1) is 0 Å². The second-order valence-corrected chi connectivity index (χ2v) is 8.60. The van der Waals surface area contributed by atoms with Crippen molar-refractivity contribution in [1.29, 1.82) is 0 Å². The number of anilines is 1. The van der Waals surface area contributed by atoms with Crippen molar-refractivity contribution in [1.82, 2.24) is 4.98 Å². The topological polar surface area (TPSA) is 117 Å². The van der Waals surface area contributed by atoms with Crippen LogP contribution >= 0.6 is 22.9 Å². The molecular weight excluding hydrogens is 456 g/mol. The number of aliphatic hydroxyl groups is 2. The minimum atomic E-state index is -1.10. The fraction of sp³-hybridized carbons (Fsp3) is 0.136. The van der Waals surface area contributed by atoms with Crippen LogP contribution in [0.2, 0.25) is 5.02 Å². The molecule has 0 aliphatic carbocycles. The van der Waals surface area contributed by atoms with E-state index in [2.05, 4.69) is 4.98 Å². The van der Waals surface area contributed by atoms with Crippen molar-refractivity contribution in [2.24, 2.45) is 0 Å². The average molecular weight is 471 g/mol. The summed E-state index contributed by atoms with van der Waals surface area (Å²) < 4.78 is 11.8. The van der Waals surface area contributed by atoms with E-state index in [-0.39, 0.29) is 34.6 Å². The summed E-state index contributed by atoms with van der Waals surface area (Å²) in [6.07, 6.45) is 0. The fourth-order valence-corrected chi connectivity index (χ4v) is 4.88. The normalized spacial score (nSPS) is 16.5. The van der Waals surface area contributed by atoms with E-state index >= 15 is 0 Å². The molecule has 0 fully saturated rings. The molecule has 2 N–H and O–H groups in total. The van der Waals surface area contributed by atoms with Gasteiger partial charge in [-0.3, -0.25) is 14.5 Å². The third-order valence-electron chi connectivity index (χ3n) is 5.07. The highest BCUT2D eigenvalue weighted by molar-refractivity contribution is 7.22. The molecular formula is C22H15ClN2O6S. The van der Waals surface area contributed by atoms with Gasteiger partial charge in [-0.25, -0.2) is 4.98 Å². The van der Waals surface area contributed by atoms with E-state index < -0.39 is 23.5 Å². The number of carbonyl (C=O) groups is 2. The lowest BCUT2D eigenvalue weighted by Crippen LogP contribution is -2.30. The summed E-state index contributed by atoms with van der Waals surface area (Å²) in [4.78, 5) is 32.1. The monoisotopic (exact) mass is 470 g/mol. The standard InChI is InChI=1S/C22H15ClN2O6S/c1-10-2-6-15(30-10)19(27)17-18(14-7-4-12(9-26)31-14)25(21(29)20(17)28)22-24-13-5-3-11(23)8-16(13)32-22/h2-8,18,26,28H,9H2,1H3. The third kappa shape index (κ3) is 3.22. The number of hydrogen-bond acceptors (Lipinski definition) is 8. The number of amides is 1. The van der Waals surface area contributed by atoms with Crippen molar-refractivity contribution in [2.75, 3.05) is 4.90 Å². The number of thiazole rings is 1. The molecule has 0 bridgehead atoms. The number of fused-ring (bicyclic) bond motifs is 1. The molecule has 32 heavy (non-hydrogen) atoms. The van der Waals surface area contributed by atoms with Gasteiger partial charge in [0.2, 0.25) is 5.78 Å². The van der Waals surface area contributed by atoms with E-state index in [4.69, 9.17) is 20.4 Å². The Kier molecular flexibility index (Phi) is 4.89. The molecule has 0 radical (unpaired) electrons. The zero-order valence-electron chi connectivity index (χ0n) is 16.5. The first-order valence-corrected chi connectivity index (χ1v) is 10.7. The van der Waals surface area contributed by atoms with Crippen molar-refractivity contribution in [3.05, 3.63) is 81.9 Å². The molecule has 0 saturated heterocycles. The van der Waals surface area contributed by atoms with Gasteiger partial charge < -0.3 is 19.0 Å². The van der Waals surface area contributed by atoms with Crippen molar-refractivity contribution in [3.8, 4) is 0 Å². The van der Waals surface area contributed by atoms with Crippen LogP contribution in [0.5, 0.6) is 0 Å². The van der Waals surface area contributed by atoms with Gasteiger partial charge in [0, 0.05) is 5.02 Å². The van der Waals surface area contributed by atoms with Crippen LogP contribution < -0.4 is 4.90 Å². The molecule has 1 aliphatic heterocycles. The van der Waals surface area contributed by atoms with Gasteiger partial charge in [0.05, 0.1) is 15.8 Å². The molecule has 0 saturated carbocycles. The summed E-state index contributed by atoms with van der Waals surface area (Å²) in [5.41, 5.74) is 0.415. The Morgan fingerprint density at radius 1 is 1.22 bits per heavy atom. The maximum absolute atomic E-state index is 13.3. The number of nitrogens with zero attached hydrogens (tertiary/aromatic N) is 2. The Morgan fingerprint density at radius 3 is 2.72 bits per heavy atom. The van der Waals surface area contributed by atoms with Crippen LogP contribution in [-0.4, -0.2) is 26.9 Å². The van der Waals surface area contributed by atoms with Crippen LogP contribution in [0.3, 0.4) is 0 Å². The lowest BCUT2D eigenvalue weighted by Gasteiger charge is -2.22. The molecule has 8 nitrogen and oxygen atoms in total. The summed E-state index contributed by atoms with van der Waals surface area (Å²) in [7, 11) is 0. The molecule has 3 aromatic heterocycles. The minimum absolute atomic E-state index is 0.0197. The lowest BCUT2D eigenvalue weighted by atomic mass is 10.00. The van der Waals surface area contributed by atoms with Crippen molar-refractivity contribution >= 4 is 50.0 Å². The number of rotatable bonds is 5. The number of furan rings is 2. The molecule has 10 heteroatoms. The van der Waals surface area contributed by atoms with Crippen molar-refractivity contribution in [2.45, 2.75) is 19.6 Å². The summed E-state index contributed by atoms with van der Waals surface area (Å²) in [5, 5.41) is 20.9. The molecule has 162 valence electrons. The van der Waals surface area contributed by atoms with Gasteiger partial charge >= 0.3 is 0 Å². The number of aromatic nitrogens is 1. The third-order valence-corrected chi connectivity index (χ3v) is 6.32. The summed E-state index contributed by atoms with van der Waals surface area (Å²) in [6.45, 7) is 1.32. The number of benzene rings is 1. The molecule has 1 atom stereocenters. The highest BCUT2D eigenvalue weighted by Gasteiger charge is 2.48. The molecule has 4 aromatic rings. The highest BCUT2D eigenvalue weighted by Crippen LogP contribution is 2.44. The number of aryl methyl sites for hydroxylation is 1. The zero-order valence-corrected chi connectivity index (χ0v) is 18.1. The van der Waals surface area contributed by atoms with E-state index in [1.54, 1.807) is 37.3 Å². The van der Waals surface area contributed by atoms with Crippen LogP contribution in [0.25, 0.3) is 10.2 Å². The number of aliphatic hydroxyl groups excluding tert-OH is 2. The number of halogens is 1. The Bertz CT molecular complexity index is 1410. The lowest BCUT2D eigenvalue weighted by molar-refractivity contribution is -0.117. The first-order valence-electron chi connectivity index (χ1n) is 9.50. The Balaban J connectivity index is 1.67. The van der Waals surface area contributed by atoms with Gasteiger partial charge in [0.1, 0.15) is 29.9 Å². The smallest absolute Gasteiger partial charge is 0.296 e. The number of Topliss-reactive ketones (excluding diaryl/α,β-unsaturated/α-hetero) is 1. The fourth-order valence-electron chi connectivity index (χ4n) is 3.61. The Morgan fingerprint density at radius 2 is 2.03 bits per heavy atom. The van der Waals surface area contributed by atoms with Crippen molar-refractivity contribution in [3.63, 3.8) is 0 Å². The average Bonchev–Trinajstić information content (AvgIpc) is 3.54. The van der Waals surface area contributed by atoms with Crippen LogP contribution in [0.1, 0.15) is 33.9 Å². The van der Waals surface area contributed by atoms with Crippen LogP contribution in [0.15, 0.2) is 62.6 Å². The quantitative estimate of drug-likeness (QED) is 0.405. The zero-order chi connectivity index (χ0) is 22.6. The van der Waals surface area contributed by atoms with Crippen LogP contribution in [0.4, 0.5) is 5.13 Å². The molecule has 1 aliphatic rings. The molecule has 1 unspecified atom stereocenters. The second-order valence-electron chi connectivity index (χ2n) is 7.15. The molecule has 5 rings (SSSR count). The maximum atomic E-state index is 13.3. The van der Waals surface area contributed by atoms with Crippen LogP contribution in [0, 0.1) is 6.92 Å². The summed E-state index contributed by atoms with van der Waals surface area (Å²) >= 11 is 7.26. The van der Waals surface area contributed by atoms with E-state index in [0.717, 1.165) is 4.70 Å². The highest BCUT2D eigenvalue weighted by atomic mass is 35.5. The largest absolute Gasteiger partial charge is 0.503 e. The molecule has 1 amide bonds. The van der Waals surface area contributed by atoms with E-state index in [0.29, 0.717) is 16.3 Å². The number of carbonyl (C=O) groups excluding carboxylic acids is 2. The number of ketones is 1. The predicted molar refractivity (Wildman–Crippen MR) is 117 cm³/mol. The van der Waals surface area contributed by atoms with Gasteiger partial charge in [-0.2, -0.15) is 0 Å². The first-order chi connectivity index (χ1) is 15.4. The SMILES string of the molecule is Cc1ccc(C(=O)C2=C(O)C(=O)N(c3nc4ccc(Cl)cc4s3)C2c2ccc(CO)o2)o1. The molecule has 4 heterocycles. The Hall–Kier alpha value is -3.40. The van der Waals surface area contributed by atoms with Gasteiger partial charge in [-0.05, 0) is 49.4 Å². The van der Waals surface area contributed by atoms with E-state index in [1.165, 1.54) is 28.4 Å². The molecule has 0 spiro atoms.